The van der Waals surface area contributed by atoms with Crippen LogP contribution < -0.4 is 10.6 Å². The third kappa shape index (κ3) is 3.66. The quantitative estimate of drug-likeness (QED) is 0.584. The van der Waals surface area contributed by atoms with E-state index in [1.807, 2.05) is 0 Å². The molecule has 1 aliphatic carbocycles. The molecular formula is C14H22N2OS. The van der Waals surface area contributed by atoms with Gasteiger partial charge in [-0.1, -0.05) is 18.8 Å². The average Bonchev–Trinajstić information content (AvgIpc) is 2.82. The van der Waals surface area contributed by atoms with Crippen molar-refractivity contribution in [2.45, 2.75) is 44.2 Å². The SMILES string of the molecule is C#CCSCCNC(=O)C1CC2CCCCC2N1. The second kappa shape index (κ2) is 7.06. The second-order valence-corrected chi connectivity index (χ2v) is 6.26. The number of fused-ring (bicyclic) bond motifs is 1. The number of rotatable bonds is 5. The maximum atomic E-state index is 12.0. The van der Waals surface area contributed by atoms with Crippen molar-refractivity contribution in [3.63, 3.8) is 0 Å². The van der Waals surface area contributed by atoms with Crippen LogP contribution in [-0.2, 0) is 4.79 Å². The molecule has 18 heavy (non-hydrogen) atoms. The molecule has 4 heteroatoms. The first-order valence-corrected chi connectivity index (χ1v) is 8.01. The van der Waals surface area contributed by atoms with Crippen LogP contribution in [0.2, 0.25) is 0 Å². The lowest BCUT2D eigenvalue weighted by molar-refractivity contribution is -0.122. The Bertz CT molecular complexity index is 312. The standard InChI is InChI=1S/C14H22N2OS/c1-2-8-18-9-7-15-14(17)13-10-11-5-3-4-6-12(11)16-13/h1,11-13,16H,3-10H2,(H,15,17). The van der Waals surface area contributed by atoms with E-state index >= 15 is 0 Å². The number of hydrogen-bond acceptors (Lipinski definition) is 3. The molecule has 1 heterocycles. The molecular weight excluding hydrogens is 244 g/mol. The maximum Gasteiger partial charge on any atom is 0.237 e. The molecule has 2 N–H and O–H groups in total. The Hall–Kier alpha value is -0.660. The van der Waals surface area contributed by atoms with Crippen molar-refractivity contribution >= 4 is 17.7 Å². The summed E-state index contributed by atoms with van der Waals surface area (Å²) >= 11 is 1.69. The van der Waals surface area contributed by atoms with Crippen molar-refractivity contribution in [2.75, 3.05) is 18.1 Å². The summed E-state index contributed by atoms with van der Waals surface area (Å²) in [6, 6.07) is 0.626. The van der Waals surface area contributed by atoms with E-state index in [9.17, 15) is 4.79 Å². The Balaban J connectivity index is 1.66. The number of nitrogens with one attached hydrogen (secondary N) is 2. The zero-order valence-electron chi connectivity index (χ0n) is 10.8. The Morgan fingerprint density at radius 2 is 2.28 bits per heavy atom. The minimum atomic E-state index is 0.0377. The Kier molecular flexibility index (Phi) is 5.40. The molecule has 3 unspecified atom stereocenters. The monoisotopic (exact) mass is 266 g/mol. The van der Waals surface area contributed by atoms with Crippen molar-refractivity contribution in [3.05, 3.63) is 0 Å². The summed E-state index contributed by atoms with van der Waals surface area (Å²) in [4.78, 5) is 12.0. The number of thioether (sulfide) groups is 1. The Morgan fingerprint density at radius 1 is 1.44 bits per heavy atom. The Morgan fingerprint density at radius 3 is 3.06 bits per heavy atom. The molecule has 1 saturated carbocycles. The maximum absolute atomic E-state index is 12.0. The van der Waals surface area contributed by atoms with E-state index in [0.717, 1.165) is 30.4 Å². The van der Waals surface area contributed by atoms with Gasteiger partial charge in [0.15, 0.2) is 0 Å². The highest BCUT2D eigenvalue weighted by molar-refractivity contribution is 7.99. The van der Waals surface area contributed by atoms with Crippen molar-refractivity contribution in [1.82, 2.24) is 10.6 Å². The van der Waals surface area contributed by atoms with Crippen molar-refractivity contribution in [2.24, 2.45) is 5.92 Å². The summed E-state index contributed by atoms with van der Waals surface area (Å²) in [6.45, 7) is 0.721. The van der Waals surface area contributed by atoms with Gasteiger partial charge in [0.05, 0.1) is 11.8 Å². The average molecular weight is 266 g/mol. The summed E-state index contributed by atoms with van der Waals surface area (Å²) in [7, 11) is 0. The molecule has 3 atom stereocenters. The first kappa shape index (κ1) is 13.8. The molecule has 2 aliphatic rings. The molecule has 0 spiro atoms. The molecule has 1 amide bonds. The van der Waals surface area contributed by atoms with E-state index in [2.05, 4.69) is 16.6 Å². The topological polar surface area (TPSA) is 41.1 Å². The molecule has 0 radical (unpaired) electrons. The van der Waals surface area contributed by atoms with Gasteiger partial charge in [-0.2, -0.15) is 0 Å². The van der Waals surface area contributed by atoms with Crippen LogP contribution in [0.3, 0.4) is 0 Å². The minimum Gasteiger partial charge on any atom is -0.354 e. The fraction of sp³-hybridized carbons (Fsp3) is 0.786. The van der Waals surface area contributed by atoms with E-state index in [4.69, 9.17) is 6.42 Å². The summed E-state index contributed by atoms with van der Waals surface area (Å²) in [6.07, 6.45) is 11.4. The van der Waals surface area contributed by atoms with Crippen LogP contribution in [0, 0.1) is 18.3 Å². The molecule has 2 fully saturated rings. The zero-order valence-corrected chi connectivity index (χ0v) is 11.6. The molecule has 1 saturated heterocycles. The van der Waals surface area contributed by atoms with E-state index in [0.29, 0.717) is 6.04 Å². The normalized spacial score (nSPS) is 30.5. The molecule has 3 nitrogen and oxygen atoms in total. The molecule has 0 aromatic rings. The molecule has 1 aliphatic heterocycles. The molecule has 100 valence electrons. The van der Waals surface area contributed by atoms with Crippen LogP contribution in [0.5, 0.6) is 0 Å². The summed E-state index contributed by atoms with van der Waals surface area (Å²) in [5.74, 6) is 5.10. The van der Waals surface area contributed by atoms with Crippen LogP contribution in [0.1, 0.15) is 32.1 Å². The fourth-order valence-corrected chi connectivity index (χ4v) is 3.53. The minimum absolute atomic E-state index is 0.0377. The second-order valence-electron chi connectivity index (χ2n) is 5.15. The number of amides is 1. The number of carbonyl (C=O) groups excluding carboxylic acids is 1. The van der Waals surface area contributed by atoms with Crippen molar-refractivity contribution in [3.8, 4) is 12.3 Å². The van der Waals surface area contributed by atoms with Gasteiger partial charge in [0.2, 0.25) is 5.91 Å². The molecule has 0 aromatic carbocycles. The van der Waals surface area contributed by atoms with Gasteiger partial charge in [0.1, 0.15) is 0 Å². The predicted molar refractivity (Wildman–Crippen MR) is 76.5 cm³/mol. The van der Waals surface area contributed by atoms with Crippen LogP contribution in [0.15, 0.2) is 0 Å². The van der Waals surface area contributed by atoms with Gasteiger partial charge in [-0.25, -0.2) is 0 Å². The third-order valence-corrected chi connectivity index (χ3v) is 4.77. The summed E-state index contributed by atoms with van der Waals surface area (Å²) in [5.41, 5.74) is 0. The molecule has 2 rings (SSSR count). The van der Waals surface area contributed by atoms with Gasteiger partial charge in [-0.3, -0.25) is 4.79 Å². The van der Waals surface area contributed by atoms with Gasteiger partial charge in [0, 0.05) is 18.3 Å². The fourth-order valence-electron chi connectivity index (χ4n) is 3.02. The highest BCUT2D eigenvalue weighted by Gasteiger charge is 2.37. The largest absolute Gasteiger partial charge is 0.354 e. The van der Waals surface area contributed by atoms with Crippen LogP contribution in [0.4, 0.5) is 0 Å². The lowest BCUT2D eigenvalue weighted by Crippen LogP contribution is -2.43. The van der Waals surface area contributed by atoms with Crippen LogP contribution in [-0.4, -0.2) is 36.0 Å². The number of hydrogen-bond donors (Lipinski definition) is 2. The summed E-state index contributed by atoms with van der Waals surface area (Å²) in [5, 5.41) is 6.50. The lowest BCUT2D eigenvalue weighted by atomic mass is 9.85. The van der Waals surface area contributed by atoms with E-state index in [1.165, 1.54) is 25.7 Å². The first-order valence-electron chi connectivity index (χ1n) is 6.86. The lowest BCUT2D eigenvalue weighted by Gasteiger charge is -2.24. The van der Waals surface area contributed by atoms with Crippen LogP contribution in [0.25, 0.3) is 0 Å². The molecule has 0 bridgehead atoms. The Labute approximate surface area is 114 Å². The highest BCUT2D eigenvalue weighted by atomic mass is 32.2. The van der Waals surface area contributed by atoms with Crippen molar-refractivity contribution < 1.29 is 4.79 Å². The van der Waals surface area contributed by atoms with Gasteiger partial charge in [-0.15, -0.1) is 18.2 Å². The predicted octanol–water partition coefficient (Wildman–Crippen LogP) is 1.39. The third-order valence-electron chi connectivity index (χ3n) is 3.91. The van der Waals surface area contributed by atoms with E-state index < -0.39 is 0 Å². The zero-order chi connectivity index (χ0) is 12.8. The smallest absolute Gasteiger partial charge is 0.237 e. The first-order chi connectivity index (χ1) is 8.81. The summed E-state index contributed by atoms with van der Waals surface area (Å²) < 4.78 is 0. The highest BCUT2D eigenvalue weighted by Crippen LogP contribution is 2.33. The van der Waals surface area contributed by atoms with Gasteiger partial charge < -0.3 is 10.6 Å². The number of carbonyl (C=O) groups is 1. The van der Waals surface area contributed by atoms with Gasteiger partial charge in [0.25, 0.3) is 0 Å². The van der Waals surface area contributed by atoms with Gasteiger partial charge in [-0.05, 0) is 25.2 Å². The van der Waals surface area contributed by atoms with E-state index in [1.54, 1.807) is 11.8 Å². The van der Waals surface area contributed by atoms with Crippen molar-refractivity contribution in [1.29, 1.82) is 0 Å². The number of terminal acetylenes is 1. The van der Waals surface area contributed by atoms with Gasteiger partial charge >= 0.3 is 0 Å². The van der Waals surface area contributed by atoms with Crippen LogP contribution >= 0.6 is 11.8 Å². The molecule has 0 aromatic heterocycles. The van der Waals surface area contributed by atoms with E-state index in [-0.39, 0.29) is 11.9 Å².